The van der Waals surface area contributed by atoms with Crippen LogP contribution in [0.1, 0.15) is 27.6 Å². The predicted octanol–water partition coefficient (Wildman–Crippen LogP) is 3.73. The third kappa shape index (κ3) is 7.10. The summed E-state index contributed by atoms with van der Waals surface area (Å²) in [5, 5.41) is 2.73. The van der Waals surface area contributed by atoms with Crippen molar-refractivity contribution in [3.05, 3.63) is 59.7 Å². The standard InChI is InChI=1S/C19H17F4N3O4S/c1-2-29-16(28)11-6-8-13(9-7-11)24-18(31)26-25-15(27)12-4-3-5-14(10-12)30-19(22,23)17(20)21/h3-10,17H,2H2,1H3,(H,25,27)(H2,24,26,31). The largest absolute Gasteiger partial charge is 0.462 e. The molecule has 0 fully saturated rings. The molecule has 0 aliphatic carbocycles. The van der Waals surface area contributed by atoms with Crippen LogP contribution in [0.3, 0.4) is 0 Å². The highest BCUT2D eigenvalue weighted by molar-refractivity contribution is 7.80. The van der Waals surface area contributed by atoms with E-state index < -0.39 is 30.2 Å². The van der Waals surface area contributed by atoms with E-state index in [2.05, 4.69) is 20.9 Å². The van der Waals surface area contributed by atoms with Gasteiger partial charge in [-0.3, -0.25) is 15.6 Å². The molecule has 0 aliphatic heterocycles. The molecule has 2 aromatic carbocycles. The zero-order valence-corrected chi connectivity index (χ0v) is 16.8. The van der Waals surface area contributed by atoms with Crippen LogP contribution in [0.4, 0.5) is 23.2 Å². The minimum absolute atomic E-state index is 0.0196. The molecule has 0 saturated heterocycles. The molecule has 0 aromatic heterocycles. The first-order chi connectivity index (χ1) is 14.6. The summed E-state index contributed by atoms with van der Waals surface area (Å²) in [5.41, 5.74) is 5.32. The number of anilines is 1. The number of rotatable bonds is 7. The molecule has 7 nitrogen and oxygen atoms in total. The van der Waals surface area contributed by atoms with Crippen molar-refractivity contribution in [1.82, 2.24) is 10.9 Å². The molecule has 3 N–H and O–H groups in total. The minimum atomic E-state index is -4.69. The lowest BCUT2D eigenvalue weighted by Crippen LogP contribution is -2.43. The number of hydrogen-bond acceptors (Lipinski definition) is 5. The van der Waals surface area contributed by atoms with Crippen molar-refractivity contribution in [1.29, 1.82) is 0 Å². The van der Waals surface area contributed by atoms with Gasteiger partial charge >= 0.3 is 18.5 Å². The highest BCUT2D eigenvalue weighted by atomic mass is 32.1. The Morgan fingerprint density at radius 3 is 2.35 bits per heavy atom. The van der Waals surface area contributed by atoms with Crippen LogP contribution in [-0.4, -0.2) is 36.1 Å². The normalized spacial score (nSPS) is 10.9. The molecule has 0 unspecified atom stereocenters. The number of hydrogen-bond donors (Lipinski definition) is 3. The van der Waals surface area contributed by atoms with Crippen molar-refractivity contribution in [2.24, 2.45) is 0 Å². The van der Waals surface area contributed by atoms with E-state index in [1.807, 2.05) is 0 Å². The van der Waals surface area contributed by atoms with Crippen molar-refractivity contribution in [2.75, 3.05) is 11.9 Å². The van der Waals surface area contributed by atoms with E-state index in [0.29, 0.717) is 11.3 Å². The third-order valence-electron chi connectivity index (χ3n) is 3.55. The van der Waals surface area contributed by atoms with Crippen LogP contribution in [0.2, 0.25) is 0 Å². The Labute approximate surface area is 179 Å². The number of esters is 1. The number of amides is 1. The lowest BCUT2D eigenvalue weighted by atomic mass is 10.2. The fraction of sp³-hybridized carbons (Fsp3) is 0.211. The van der Waals surface area contributed by atoms with Crippen molar-refractivity contribution in [3.63, 3.8) is 0 Å². The Kier molecular flexibility index (Phi) is 8.14. The van der Waals surface area contributed by atoms with Gasteiger partial charge in [-0.1, -0.05) is 6.07 Å². The number of thiocarbonyl (C=S) groups is 1. The Balaban J connectivity index is 1.90. The summed E-state index contributed by atoms with van der Waals surface area (Å²) in [6.07, 6.45) is -8.72. The molecular formula is C19H17F4N3O4S. The summed E-state index contributed by atoms with van der Waals surface area (Å²) >= 11 is 5.02. The molecule has 31 heavy (non-hydrogen) atoms. The summed E-state index contributed by atoms with van der Waals surface area (Å²) in [5.74, 6) is -1.87. The van der Waals surface area contributed by atoms with E-state index >= 15 is 0 Å². The molecule has 2 aromatic rings. The zero-order valence-electron chi connectivity index (χ0n) is 16.0. The highest BCUT2D eigenvalue weighted by Gasteiger charge is 2.44. The average Bonchev–Trinajstić information content (AvgIpc) is 2.72. The molecule has 0 heterocycles. The molecule has 1 amide bonds. The second kappa shape index (κ2) is 10.6. The maximum atomic E-state index is 13.0. The first-order valence-electron chi connectivity index (χ1n) is 8.72. The van der Waals surface area contributed by atoms with Gasteiger partial charge < -0.3 is 14.8 Å². The number of carbonyl (C=O) groups excluding carboxylic acids is 2. The Hall–Kier alpha value is -3.41. The Morgan fingerprint density at radius 2 is 1.74 bits per heavy atom. The number of hydrazine groups is 1. The molecule has 0 aliphatic rings. The number of nitrogens with one attached hydrogen (secondary N) is 3. The molecule has 0 bridgehead atoms. The second-order valence-electron chi connectivity index (χ2n) is 5.82. The highest BCUT2D eigenvalue weighted by Crippen LogP contribution is 2.27. The van der Waals surface area contributed by atoms with E-state index in [0.717, 1.165) is 12.1 Å². The molecule has 2 rings (SSSR count). The van der Waals surface area contributed by atoms with Crippen molar-refractivity contribution in [3.8, 4) is 5.75 Å². The van der Waals surface area contributed by atoms with Gasteiger partial charge in [0.05, 0.1) is 12.2 Å². The summed E-state index contributed by atoms with van der Waals surface area (Å²) in [6, 6.07) is 10.5. The van der Waals surface area contributed by atoms with Crippen LogP contribution in [-0.2, 0) is 4.74 Å². The quantitative estimate of drug-likeness (QED) is 0.252. The van der Waals surface area contributed by atoms with E-state index in [9.17, 15) is 27.2 Å². The van der Waals surface area contributed by atoms with Crippen LogP contribution in [0.5, 0.6) is 5.75 Å². The van der Waals surface area contributed by atoms with Crippen molar-refractivity contribution in [2.45, 2.75) is 19.5 Å². The van der Waals surface area contributed by atoms with Crippen LogP contribution < -0.4 is 20.9 Å². The number of carbonyl (C=O) groups is 2. The van der Waals surface area contributed by atoms with Crippen molar-refractivity contribution >= 4 is 34.9 Å². The summed E-state index contributed by atoms with van der Waals surface area (Å²) in [4.78, 5) is 23.7. The number of halogens is 4. The fourth-order valence-electron chi connectivity index (χ4n) is 2.15. The lowest BCUT2D eigenvalue weighted by Gasteiger charge is -2.17. The van der Waals surface area contributed by atoms with Gasteiger partial charge in [0, 0.05) is 11.3 Å². The van der Waals surface area contributed by atoms with E-state index in [1.165, 1.54) is 24.3 Å². The lowest BCUT2D eigenvalue weighted by molar-refractivity contribution is -0.253. The summed E-state index contributed by atoms with van der Waals surface area (Å²) in [7, 11) is 0. The maximum Gasteiger partial charge on any atom is 0.461 e. The topological polar surface area (TPSA) is 88.7 Å². The van der Waals surface area contributed by atoms with Crippen LogP contribution in [0.25, 0.3) is 0 Å². The van der Waals surface area contributed by atoms with Gasteiger partial charge in [0.1, 0.15) is 5.75 Å². The minimum Gasteiger partial charge on any atom is -0.462 e. The molecule has 0 saturated carbocycles. The Morgan fingerprint density at radius 1 is 1.06 bits per heavy atom. The third-order valence-corrected chi connectivity index (χ3v) is 3.75. The molecule has 0 spiro atoms. The number of ether oxygens (including phenoxy) is 2. The molecular weight excluding hydrogens is 442 g/mol. The molecule has 166 valence electrons. The zero-order chi connectivity index (χ0) is 23.0. The first-order valence-corrected chi connectivity index (χ1v) is 9.12. The van der Waals surface area contributed by atoms with Crippen LogP contribution in [0.15, 0.2) is 48.5 Å². The van der Waals surface area contributed by atoms with Gasteiger partial charge in [-0.15, -0.1) is 0 Å². The molecule has 12 heteroatoms. The van der Waals surface area contributed by atoms with Gasteiger partial charge in [-0.05, 0) is 61.6 Å². The number of benzene rings is 2. The van der Waals surface area contributed by atoms with Gasteiger partial charge in [0.25, 0.3) is 5.91 Å². The summed E-state index contributed by atoms with van der Waals surface area (Å²) in [6.45, 7) is 1.93. The fourth-order valence-corrected chi connectivity index (χ4v) is 2.32. The molecule has 0 radical (unpaired) electrons. The summed E-state index contributed by atoms with van der Waals surface area (Å²) < 4.78 is 59.3. The number of alkyl halides is 4. The Bertz CT molecular complexity index is 942. The van der Waals surface area contributed by atoms with Gasteiger partial charge in [-0.25, -0.2) is 4.79 Å². The maximum absolute atomic E-state index is 13.0. The monoisotopic (exact) mass is 459 g/mol. The van der Waals surface area contributed by atoms with E-state index in [4.69, 9.17) is 17.0 Å². The van der Waals surface area contributed by atoms with Crippen LogP contribution >= 0.6 is 12.2 Å². The van der Waals surface area contributed by atoms with Crippen molar-refractivity contribution < 1.29 is 36.6 Å². The second-order valence-corrected chi connectivity index (χ2v) is 6.23. The van der Waals surface area contributed by atoms with Gasteiger partial charge in [-0.2, -0.15) is 17.6 Å². The van der Waals surface area contributed by atoms with Gasteiger partial charge in [0.15, 0.2) is 5.11 Å². The average molecular weight is 459 g/mol. The van der Waals surface area contributed by atoms with E-state index in [1.54, 1.807) is 19.1 Å². The van der Waals surface area contributed by atoms with Crippen LogP contribution in [0, 0.1) is 0 Å². The SMILES string of the molecule is CCOC(=O)c1ccc(NC(=S)NNC(=O)c2cccc(OC(F)(F)C(F)F)c2)cc1. The predicted molar refractivity (Wildman–Crippen MR) is 107 cm³/mol. The van der Waals surface area contributed by atoms with E-state index in [-0.39, 0.29) is 17.3 Å². The van der Waals surface area contributed by atoms with Gasteiger partial charge in [0.2, 0.25) is 0 Å². The molecule has 0 atom stereocenters. The first kappa shape index (κ1) is 23.9. The smallest absolute Gasteiger partial charge is 0.461 e.